The molecule has 0 N–H and O–H groups in total. The van der Waals surface area contributed by atoms with Gasteiger partial charge in [0.2, 0.25) is 5.91 Å². The van der Waals surface area contributed by atoms with E-state index < -0.39 is 0 Å². The van der Waals surface area contributed by atoms with Gasteiger partial charge in [-0.15, -0.1) is 11.3 Å². The van der Waals surface area contributed by atoms with E-state index in [-0.39, 0.29) is 18.1 Å². The Labute approximate surface area is 120 Å². The summed E-state index contributed by atoms with van der Waals surface area (Å²) in [7, 11) is 0. The van der Waals surface area contributed by atoms with Crippen LogP contribution in [0.1, 0.15) is 11.3 Å². The maximum atomic E-state index is 13.0. The summed E-state index contributed by atoms with van der Waals surface area (Å²) in [5, 5.41) is 10.6. The lowest BCUT2D eigenvalue weighted by molar-refractivity contribution is -0.117. The largest absolute Gasteiger partial charge is 0.311 e. The highest BCUT2D eigenvalue weighted by atomic mass is 32.1. The van der Waals surface area contributed by atoms with E-state index in [4.69, 9.17) is 5.26 Å². The quantitative estimate of drug-likeness (QED) is 0.846. The number of hydrogen-bond donors (Lipinski definition) is 0. The van der Waals surface area contributed by atoms with Gasteiger partial charge in [-0.05, 0) is 35.7 Å². The van der Waals surface area contributed by atoms with Crippen molar-refractivity contribution in [3.05, 3.63) is 52.5 Å². The summed E-state index contributed by atoms with van der Waals surface area (Å²) in [4.78, 5) is 14.8. The molecule has 1 heterocycles. The average Bonchev–Trinajstić information content (AvgIpc) is 2.94. The second-order valence-electron chi connectivity index (χ2n) is 4.19. The third kappa shape index (κ3) is 3.65. The molecule has 2 aromatic rings. The zero-order valence-electron chi connectivity index (χ0n) is 10.8. The summed E-state index contributed by atoms with van der Waals surface area (Å²) in [5.74, 6) is -0.436. The molecule has 0 spiro atoms. The molecule has 0 fully saturated rings. The molecule has 20 heavy (non-hydrogen) atoms. The third-order valence-corrected chi connectivity index (χ3v) is 3.67. The first-order valence-corrected chi connectivity index (χ1v) is 7.04. The van der Waals surface area contributed by atoms with Crippen LogP contribution in [0, 0.1) is 17.1 Å². The van der Waals surface area contributed by atoms with Crippen LogP contribution in [-0.2, 0) is 11.2 Å². The number of anilines is 1. The van der Waals surface area contributed by atoms with Gasteiger partial charge in [-0.3, -0.25) is 4.79 Å². The van der Waals surface area contributed by atoms with Gasteiger partial charge in [0.25, 0.3) is 0 Å². The number of amides is 1. The highest BCUT2D eigenvalue weighted by molar-refractivity contribution is 7.10. The fourth-order valence-corrected chi connectivity index (χ4v) is 2.53. The summed E-state index contributed by atoms with van der Waals surface area (Å²) >= 11 is 1.52. The molecule has 1 amide bonds. The fourth-order valence-electron chi connectivity index (χ4n) is 1.84. The molecule has 0 aliphatic heterocycles. The SMILES string of the molecule is N#CCCN(C(=O)Cc1cccs1)c1ccc(F)cc1. The zero-order chi connectivity index (χ0) is 14.4. The van der Waals surface area contributed by atoms with Crippen LogP contribution in [0.15, 0.2) is 41.8 Å². The number of thiophene rings is 1. The van der Waals surface area contributed by atoms with Gasteiger partial charge < -0.3 is 4.90 Å². The first-order valence-electron chi connectivity index (χ1n) is 6.16. The first-order chi connectivity index (χ1) is 9.70. The minimum Gasteiger partial charge on any atom is -0.311 e. The van der Waals surface area contributed by atoms with Crippen LogP contribution in [0.3, 0.4) is 0 Å². The van der Waals surface area contributed by atoms with Gasteiger partial charge in [-0.1, -0.05) is 6.07 Å². The maximum Gasteiger partial charge on any atom is 0.232 e. The number of halogens is 1. The summed E-state index contributed by atoms with van der Waals surface area (Å²) in [6.07, 6.45) is 0.536. The van der Waals surface area contributed by atoms with Crippen molar-refractivity contribution in [1.29, 1.82) is 5.26 Å². The number of hydrogen-bond acceptors (Lipinski definition) is 3. The van der Waals surface area contributed by atoms with Crippen LogP contribution in [0.5, 0.6) is 0 Å². The highest BCUT2D eigenvalue weighted by Crippen LogP contribution is 2.18. The number of nitriles is 1. The van der Waals surface area contributed by atoms with Crippen molar-refractivity contribution in [2.24, 2.45) is 0 Å². The molecule has 3 nitrogen and oxygen atoms in total. The van der Waals surface area contributed by atoms with Gasteiger partial charge in [0, 0.05) is 17.1 Å². The van der Waals surface area contributed by atoms with Crippen molar-refractivity contribution in [1.82, 2.24) is 0 Å². The van der Waals surface area contributed by atoms with E-state index in [0.717, 1.165) is 4.88 Å². The van der Waals surface area contributed by atoms with Crippen molar-refractivity contribution >= 4 is 22.9 Å². The highest BCUT2D eigenvalue weighted by Gasteiger charge is 2.16. The molecule has 0 unspecified atom stereocenters. The predicted octanol–water partition coefficient (Wildman–Crippen LogP) is 3.38. The monoisotopic (exact) mass is 288 g/mol. The molecule has 0 atom stereocenters. The Morgan fingerprint density at radius 2 is 2.05 bits per heavy atom. The Morgan fingerprint density at radius 3 is 2.65 bits per heavy atom. The van der Waals surface area contributed by atoms with Crippen LogP contribution in [0.4, 0.5) is 10.1 Å². The molecule has 102 valence electrons. The van der Waals surface area contributed by atoms with E-state index in [1.165, 1.54) is 28.4 Å². The molecule has 0 saturated heterocycles. The molecule has 0 saturated carbocycles. The van der Waals surface area contributed by atoms with Crippen LogP contribution in [0.25, 0.3) is 0 Å². The first kappa shape index (κ1) is 14.2. The molecule has 0 aliphatic carbocycles. The molecule has 5 heteroatoms. The van der Waals surface area contributed by atoms with Gasteiger partial charge in [0.1, 0.15) is 5.82 Å². The van der Waals surface area contributed by atoms with Crippen LogP contribution in [-0.4, -0.2) is 12.5 Å². The topological polar surface area (TPSA) is 44.1 Å². The van der Waals surface area contributed by atoms with Gasteiger partial charge in [-0.25, -0.2) is 4.39 Å². The standard InChI is InChI=1S/C15H13FN2OS/c16-12-4-6-13(7-5-12)18(9-2-8-17)15(19)11-14-3-1-10-20-14/h1,3-7,10H,2,9,11H2. The Balaban J connectivity index is 2.16. The summed E-state index contributed by atoms with van der Waals surface area (Å²) in [6.45, 7) is 0.312. The van der Waals surface area contributed by atoms with Crippen LogP contribution in [0.2, 0.25) is 0 Å². The van der Waals surface area contributed by atoms with Crippen molar-refractivity contribution in [3.63, 3.8) is 0 Å². The predicted molar refractivity (Wildman–Crippen MR) is 77.0 cm³/mol. The van der Waals surface area contributed by atoms with Crippen molar-refractivity contribution in [2.45, 2.75) is 12.8 Å². The van der Waals surface area contributed by atoms with Gasteiger partial charge in [-0.2, -0.15) is 5.26 Å². The molecule has 1 aromatic heterocycles. The molecule has 0 radical (unpaired) electrons. The third-order valence-electron chi connectivity index (χ3n) is 2.79. The normalized spacial score (nSPS) is 10.0. The van der Waals surface area contributed by atoms with Gasteiger partial charge >= 0.3 is 0 Å². The number of benzene rings is 1. The minimum absolute atomic E-state index is 0.0886. The van der Waals surface area contributed by atoms with Crippen LogP contribution < -0.4 is 4.90 Å². The Hall–Kier alpha value is -2.19. The molecule has 1 aromatic carbocycles. The fraction of sp³-hybridized carbons (Fsp3) is 0.200. The zero-order valence-corrected chi connectivity index (χ0v) is 11.6. The smallest absolute Gasteiger partial charge is 0.232 e. The Morgan fingerprint density at radius 1 is 1.30 bits per heavy atom. The summed E-state index contributed by atoms with van der Waals surface area (Å²) in [5.41, 5.74) is 0.614. The second kappa shape index (κ2) is 6.83. The summed E-state index contributed by atoms with van der Waals surface area (Å²) < 4.78 is 13.0. The van der Waals surface area contributed by atoms with Crippen LogP contribution >= 0.6 is 11.3 Å². The molecule has 0 bridgehead atoms. The number of carbonyl (C=O) groups excluding carboxylic acids is 1. The number of rotatable bonds is 5. The average molecular weight is 288 g/mol. The van der Waals surface area contributed by atoms with Crippen molar-refractivity contribution in [2.75, 3.05) is 11.4 Å². The lowest BCUT2D eigenvalue weighted by Gasteiger charge is -2.21. The van der Waals surface area contributed by atoms with E-state index >= 15 is 0 Å². The number of nitrogens with zero attached hydrogens (tertiary/aromatic N) is 2. The Kier molecular flexibility index (Phi) is 4.85. The molecule has 2 rings (SSSR count). The Bertz CT molecular complexity index is 602. The van der Waals surface area contributed by atoms with Gasteiger partial charge in [0.05, 0.1) is 18.9 Å². The van der Waals surface area contributed by atoms with Crippen molar-refractivity contribution in [3.8, 4) is 6.07 Å². The minimum atomic E-state index is -0.348. The van der Waals surface area contributed by atoms with E-state index in [0.29, 0.717) is 18.7 Å². The van der Waals surface area contributed by atoms with E-state index in [2.05, 4.69) is 0 Å². The number of carbonyl (C=O) groups is 1. The van der Waals surface area contributed by atoms with E-state index in [1.54, 1.807) is 12.1 Å². The van der Waals surface area contributed by atoms with E-state index in [9.17, 15) is 9.18 Å². The second-order valence-corrected chi connectivity index (χ2v) is 5.22. The van der Waals surface area contributed by atoms with E-state index in [1.807, 2.05) is 23.6 Å². The maximum absolute atomic E-state index is 13.0. The van der Waals surface area contributed by atoms with Gasteiger partial charge in [0.15, 0.2) is 0 Å². The lowest BCUT2D eigenvalue weighted by Crippen LogP contribution is -2.32. The lowest BCUT2D eigenvalue weighted by atomic mass is 10.2. The molecule has 0 aliphatic rings. The molecular formula is C15H13FN2OS. The van der Waals surface area contributed by atoms with Crippen molar-refractivity contribution < 1.29 is 9.18 Å². The summed E-state index contributed by atoms with van der Waals surface area (Å²) in [6, 6.07) is 11.6. The molecular weight excluding hydrogens is 275 g/mol.